The quantitative estimate of drug-likeness (QED) is 0.929. The Bertz CT molecular complexity index is 716. The summed E-state index contributed by atoms with van der Waals surface area (Å²) >= 11 is 6.26. The average Bonchev–Trinajstić information content (AvgIpc) is 2.98. The van der Waals surface area contributed by atoms with Crippen molar-refractivity contribution in [3.63, 3.8) is 0 Å². The molecule has 122 valence electrons. The third-order valence-corrected chi connectivity index (χ3v) is 4.49. The van der Waals surface area contributed by atoms with Crippen LogP contribution >= 0.6 is 11.6 Å². The van der Waals surface area contributed by atoms with E-state index >= 15 is 0 Å². The monoisotopic (exact) mass is 334 g/mol. The SMILES string of the molecule is Clc1cc(CNCc2nnc3n2CCCC3)cc2c1OCCO2. The van der Waals surface area contributed by atoms with Gasteiger partial charge in [-0.2, -0.15) is 0 Å². The maximum absolute atomic E-state index is 6.26. The topological polar surface area (TPSA) is 61.2 Å². The molecule has 0 atom stereocenters. The van der Waals surface area contributed by atoms with E-state index in [1.165, 1.54) is 12.8 Å². The van der Waals surface area contributed by atoms with Gasteiger partial charge in [0, 0.05) is 19.5 Å². The van der Waals surface area contributed by atoms with Crippen molar-refractivity contribution in [1.82, 2.24) is 20.1 Å². The second-order valence-electron chi connectivity index (χ2n) is 5.85. The lowest BCUT2D eigenvalue weighted by Gasteiger charge is -2.20. The number of hydrogen-bond donors (Lipinski definition) is 1. The molecule has 1 N–H and O–H groups in total. The fourth-order valence-corrected chi connectivity index (χ4v) is 3.37. The summed E-state index contributed by atoms with van der Waals surface area (Å²) in [6.07, 6.45) is 3.45. The lowest BCUT2D eigenvalue weighted by molar-refractivity contribution is 0.171. The van der Waals surface area contributed by atoms with E-state index in [0.29, 0.717) is 37.1 Å². The Morgan fingerprint density at radius 3 is 3.00 bits per heavy atom. The summed E-state index contributed by atoms with van der Waals surface area (Å²) in [4.78, 5) is 0. The van der Waals surface area contributed by atoms with Gasteiger partial charge in [0.25, 0.3) is 0 Å². The van der Waals surface area contributed by atoms with Crippen LogP contribution in [0.5, 0.6) is 11.5 Å². The van der Waals surface area contributed by atoms with Crippen LogP contribution in [0.25, 0.3) is 0 Å². The smallest absolute Gasteiger partial charge is 0.179 e. The first-order valence-electron chi connectivity index (χ1n) is 8.01. The molecule has 6 nitrogen and oxygen atoms in total. The van der Waals surface area contributed by atoms with E-state index in [0.717, 1.165) is 35.9 Å². The molecule has 4 rings (SSSR count). The molecule has 1 aromatic carbocycles. The minimum Gasteiger partial charge on any atom is -0.486 e. The van der Waals surface area contributed by atoms with Gasteiger partial charge in [-0.1, -0.05) is 11.6 Å². The van der Waals surface area contributed by atoms with Crippen molar-refractivity contribution in [2.45, 2.75) is 38.9 Å². The molecule has 0 aliphatic carbocycles. The number of ether oxygens (including phenoxy) is 2. The van der Waals surface area contributed by atoms with Crippen molar-refractivity contribution in [2.75, 3.05) is 13.2 Å². The van der Waals surface area contributed by atoms with Crippen LogP contribution in [-0.4, -0.2) is 28.0 Å². The van der Waals surface area contributed by atoms with Gasteiger partial charge < -0.3 is 19.4 Å². The van der Waals surface area contributed by atoms with Crippen LogP contribution in [0.2, 0.25) is 5.02 Å². The predicted molar refractivity (Wildman–Crippen MR) is 85.9 cm³/mol. The first-order chi connectivity index (χ1) is 11.3. The molecule has 2 aliphatic rings. The van der Waals surface area contributed by atoms with Gasteiger partial charge in [0.05, 0.1) is 11.6 Å². The molecule has 0 saturated heterocycles. The number of aryl methyl sites for hydroxylation is 1. The molecule has 0 radical (unpaired) electrons. The van der Waals surface area contributed by atoms with Gasteiger partial charge in [0.1, 0.15) is 24.9 Å². The number of benzene rings is 1. The normalized spacial score (nSPS) is 16.2. The molecule has 0 saturated carbocycles. The summed E-state index contributed by atoms with van der Waals surface area (Å²) in [5.74, 6) is 3.48. The molecule has 2 aromatic rings. The molecule has 0 fully saturated rings. The van der Waals surface area contributed by atoms with Crippen LogP contribution in [0.4, 0.5) is 0 Å². The van der Waals surface area contributed by atoms with Crippen molar-refractivity contribution in [3.8, 4) is 11.5 Å². The molecule has 0 spiro atoms. The van der Waals surface area contributed by atoms with Crippen LogP contribution in [0.3, 0.4) is 0 Å². The third kappa shape index (κ3) is 3.01. The average molecular weight is 335 g/mol. The fourth-order valence-electron chi connectivity index (χ4n) is 3.08. The van der Waals surface area contributed by atoms with Crippen molar-refractivity contribution in [1.29, 1.82) is 0 Å². The second kappa shape index (κ2) is 6.37. The van der Waals surface area contributed by atoms with E-state index in [9.17, 15) is 0 Å². The first-order valence-corrected chi connectivity index (χ1v) is 8.39. The standard InChI is InChI=1S/C16H19ClN4O2/c17-12-7-11(8-13-16(12)23-6-5-22-13)9-18-10-15-20-19-14-3-1-2-4-21(14)15/h7-8,18H,1-6,9-10H2. The molecule has 3 heterocycles. The van der Waals surface area contributed by atoms with Crippen LogP contribution in [0, 0.1) is 0 Å². The second-order valence-corrected chi connectivity index (χ2v) is 6.25. The molecule has 0 amide bonds. The van der Waals surface area contributed by atoms with Crippen LogP contribution in [0.1, 0.15) is 30.1 Å². The molecular weight excluding hydrogens is 316 g/mol. The van der Waals surface area contributed by atoms with Crippen molar-refractivity contribution in [3.05, 3.63) is 34.4 Å². The van der Waals surface area contributed by atoms with E-state index in [4.69, 9.17) is 21.1 Å². The highest BCUT2D eigenvalue weighted by molar-refractivity contribution is 6.32. The van der Waals surface area contributed by atoms with E-state index < -0.39 is 0 Å². The van der Waals surface area contributed by atoms with Gasteiger partial charge in [-0.05, 0) is 30.5 Å². The zero-order valence-corrected chi connectivity index (χ0v) is 13.6. The minimum atomic E-state index is 0.544. The highest BCUT2D eigenvalue weighted by Crippen LogP contribution is 2.38. The summed E-state index contributed by atoms with van der Waals surface area (Å²) in [7, 11) is 0. The van der Waals surface area contributed by atoms with Crippen LogP contribution in [-0.2, 0) is 26.1 Å². The van der Waals surface area contributed by atoms with E-state index in [2.05, 4.69) is 20.1 Å². The molecule has 1 aromatic heterocycles. The molecular formula is C16H19ClN4O2. The highest BCUT2D eigenvalue weighted by Gasteiger charge is 2.17. The number of halogens is 1. The lowest BCUT2D eigenvalue weighted by atomic mass is 10.1. The Morgan fingerprint density at radius 2 is 2.04 bits per heavy atom. The van der Waals surface area contributed by atoms with E-state index in [1.807, 2.05) is 12.1 Å². The van der Waals surface area contributed by atoms with Crippen molar-refractivity contribution >= 4 is 11.6 Å². The number of aromatic nitrogens is 3. The highest BCUT2D eigenvalue weighted by atomic mass is 35.5. The first kappa shape index (κ1) is 14.8. The summed E-state index contributed by atoms with van der Waals surface area (Å²) in [6, 6.07) is 3.90. The summed E-state index contributed by atoms with van der Waals surface area (Å²) in [5, 5.41) is 12.6. The number of fused-ring (bicyclic) bond motifs is 2. The predicted octanol–water partition coefficient (Wildman–Crippen LogP) is 2.33. The molecule has 0 unspecified atom stereocenters. The lowest BCUT2D eigenvalue weighted by Crippen LogP contribution is -2.20. The summed E-state index contributed by atoms with van der Waals surface area (Å²) in [6.45, 7) is 3.52. The largest absolute Gasteiger partial charge is 0.486 e. The molecule has 0 bridgehead atoms. The minimum absolute atomic E-state index is 0.544. The zero-order chi connectivity index (χ0) is 15.6. The van der Waals surface area contributed by atoms with Crippen molar-refractivity contribution < 1.29 is 9.47 Å². The van der Waals surface area contributed by atoms with Gasteiger partial charge >= 0.3 is 0 Å². The molecule has 23 heavy (non-hydrogen) atoms. The Balaban J connectivity index is 1.42. The van der Waals surface area contributed by atoms with Gasteiger partial charge in [-0.15, -0.1) is 10.2 Å². The van der Waals surface area contributed by atoms with Crippen LogP contribution < -0.4 is 14.8 Å². The summed E-state index contributed by atoms with van der Waals surface area (Å²) in [5.41, 5.74) is 1.07. The maximum atomic E-state index is 6.26. The Labute approximate surface area is 139 Å². The maximum Gasteiger partial charge on any atom is 0.179 e. The zero-order valence-electron chi connectivity index (χ0n) is 12.8. The van der Waals surface area contributed by atoms with E-state index in [-0.39, 0.29) is 0 Å². The Kier molecular flexibility index (Phi) is 4.10. The van der Waals surface area contributed by atoms with Crippen LogP contribution in [0.15, 0.2) is 12.1 Å². The van der Waals surface area contributed by atoms with E-state index in [1.54, 1.807) is 0 Å². The Morgan fingerprint density at radius 1 is 1.13 bits per heavy atom. The fraction of sp³-hybridized carbons (Fsp3) is 0.500. The number of rotatable bonds is 4. The summed E-state index contributed by atoms with van der Waals surface area (Å²) < 4.78 is 13.4. The van der Waals surface area contributed by atoms with Gasteiger partial charge in [-0.25, -0.2) is 0 Å². The number of nitrogens with zero attached hydrogens (tertiary/aromatic N) is 3. The molecule has 7 heteroatoms. The molecule has 2 aliphatic heterocycles. The van der Waals surface area contributed by atoms with Gasteiger partial charge in [-0.3, -0.25) is 0 Å². The number of nitrogens with one attached hydrogen (secondary N) is 1. The van der Waals surface area contributed by atoms with Gasteiger partial charge in [0.15, 0.2) is 11.5 Å². The Hall–Kier alpha value is -1.79. The van der Waals surface area contributed by atoms with Crippen molar-refractivity contribution in [2.24, 2.45) is 0 Å². The van der Waals surface area contributed by atoms with Gasteiger partial charge in [0.2, 0.25) is 0 Å². The third-order valence-electron chi connectivity index (χ3n) is 4.20. The number of hydrogen-bond acceptors (Lipinski definition) is 5.